The van der Waals surface area contributed by atoms with Gasteiger partial charge in [-0.15, -0.1) is 0 Å². The van der Waals surface area contributed by atoms with Gasteiger partial charge in [-0.1, -0.05) is 48.4 Å². The number of allylic oxidation sites excluding steroid dienone is 6. The van der Waals surface area contributed by atoms with E-state index in [2.05, 4.69) is 52.3 Å². The number of carbonyl (C=O) groups is 1. The van der Waals surface area contributed by atoms with E-state index in [0.29, 0.717) is 5.82 Å². The molecule has 4 rings (SSSR count). The average Bonchev–Trinajstić information content (AvgIpc) is 3.01. The molecule has 0 saturated carbocycles. The van der Waals surface area contributed by atoms with Gasteiger partial charge in [0.15, 0.2) is 0 Å². The summed E-state index contributed by atoms with van der Waals surface area (Å²) >= 11 is 0. The van der Waals surface area contributed by atoms with E-state index in [-0.39, 0.29) is 12.3 Å². The third kappa shape index (κ3) is 5.69. The fourth-order valence-corrected chi connectivity index (χ4v) is 3.94. The first-order valence-electron chi connectivity index (χ1n) is 11.2. The van der Waals surface area contributed by atoms with Gasteiger partial charge in [0.25, 0.3) is 0 Å². The number of hydrogen-bond donors (Lipinski definition) is 1. The van der Waals surface area contributed by atoms with Crippen molar-refractivity contribution in [2.24, 2.45) is 0 Å². The zero-order chi connectivity index (χ0) is 23.2. The molecular formula is C28H28N4O. The molecule has 1 aliphatic rings. The van der Waals surface area contributed by atoms with Crippen LogP contribution in [-0.2, 0) is 11.2 Å². The predicted octanol–water partition coefficient (Wildman–Crippen LogP) is 6.10. The normalized spacial score (nSPS) is 13.5. The molecule has 3 aromatic heterocycles. The summed E-state index contributed by atoms with van der Waals surface area (Å²) in [7, 11) is 0. The molecule has 5 nitrogen and oxygen atoms in total. The summed E-state index contributed by atoms with van der Waals surface area (Å²) in [6, 6.07) is 11.5. The zero-order valence-corrected chi connectivity index (χ0v) is 19.3. The van der Waals surface area contributed by atoms with Crippen molar-refractivity contribution in [1.82, 2.24) is 15.0 Å². The highest BCUT2D eigenvalue weighted by Crippen LogP contribution is 2.26. The van der Waals surface area contributed by atoms with E-state index >= 15 is 0 Å². The van der Waals surface area contributed by atoms with Crippen molar-refractivity contribution in [3.8, 4) is 11.3 Å². The maximum atomic E-state index is 12.6. The van der Waals surface area contributed by atoms with Gasteiger partial charge in [-0.05, 0) is 62.1 Å². The summed E-state index contributed by atoms with van der Waals surface area (Å²) in [5.41, 5.74) is 8.51. The van der Waals surface area contributed by atoms with Crippen LogP contribution in [0.15, 0.2) is 84.4 Å². The number of nitrogens with one attached hydrogen (secondary N) is 1. The van der Waals surface area contributed by atoms with Gasteiger partial charge in [0, 0.05) is 29.7 Å². The average molecular weight is 437 g/mol. The molecule has 0 aromatic carbocycles. The molecular weight excluding hydrogens is 408 g/mol. The molecule has 3 aromatic rings. The maximum Gasteiger partial charge on any atom is 0.230 e. The molecule has 0 radical (unpaired) electrons. The van der Waals surface area contributed by atoms with E-state index in [1.165, 1.54) is 11.1 Å². The maximum absolute atomic E-state index is 12.6. The van der Waals surface area contributed by atoms with Gasteiger partial charge >= 0.3 is 0 Å². The molecule has 1 amide bonds. The molecule has 5 heteroatoms. The lowest BCUT2D eigenvalue weighted by Gasteiger charge is -2.10. The van der Waals surface area contributed by atoms with Crippen LogP contribution in [-0.4, -0.2) is 20.9 Å². The van der Waals surface area contributed by atoms with Crippen LogP contribution in [0.2, 0.25) is 0 Å². The lowest BCUT2D eigenvalue weighted by molar-refractivity contribution is -0.115. The van der Waals surface area contributed by atoms with Gasteiger partial charge in [0.05, 0.1) is 17.8 Å². The lowest BCUT2D eigenvalue weighted by atomic mass is 10.0. The SMILES string of the molecule is CCC1=CC=C(c2ncc(CC(=O)Nc3ccc(-c4ccccn4)cn3)cc2C)C=C(C)C1. The molecule has 166 valence electrons. The number of pyridine rings is 3. The summed E-state index contributed by atoms with van der Waals surface area (Å²) in [5.74, 6) is 0.394. The van der Waals surface area contributed by atoms with Crippen molar-refractivity contribution < 1.29 is 4.79 Å². The minimum absolute atomic E-state index is 0.123. The Morgan fingerprint density at radius 1 is 1.03 bits per heavy atom. The van der Waals surface area contributed by atoms with Crippen LogP contribution in [0, 0.1) is 6.92 Å². The van der Waals surface area contributed by atoms with Gasteiger partial charge in [-0.3, -0.25) is 14.8 Å². The molecule has 0 unspecified atom stereocenters. The van der Waals surface area contributed by atoms with Crippen LogP contribution in [0.4, 0.5) is 5.82 Å². The van der Waals surface area contributed by atoms with Crippen molar-refractivity contribution in [3.63, 3.8) is 0 Å². The summed E-state index contributed by atoms with van der Waals surface area (Å²) < 4.78 is 0. The molecule has 0 spiro atoms. The Bertz CT molecular complexity index is 1240. The van der Waals surface area contributed by atoms with Gasteiger partial charge in [0.1, 0.15) is 5.82 Å². The van der Waals surface area contributed by atoms with Crippen LogP contribution >= 0.6 is 0 Å². The number of anilines is 1. The molecule has 3 heterocycles. The Morgan fingerprint density at radius 3 is 2.61 bits per heavy atom. The van der Waals surface area contributed by atoms with Crippen molar-refractivity contribution in [3.05, 3.63) is 101 Å². The number of hydrogen-bond acceptors (Lipinski definition) is 4. The Balaban J connectivity index is 1.43. The summed E-state index contributed by atoms with van der Waals surface area (Å²) in [4.78, 5) is 25.9. The quantitative estimate of drug-likeness (QED) is 0.507. The molecule has 1 N–H and O–H groups in total. The van der Waals surface area contributed by atoms with E-state index in [1.807, 2.05) is 37.3 Å². The van der Waals surface area contributed by atoms with Gasteiger partial charge in [-0.25, -0.2) is 4.98 Å². The number of aromatic nitrogens is 3. The minimum atomic E-state index is -0.123. The van der Waals surface area contributed by atoms with Crippen molar-refractivity contribution in [2.75, 3.05) is 5.32 Å². The van der Waals surface area contributed by atoms with Crippen LogP contribution in [0.25, 0.3) is 16.8 Å². The Hall–Kier alpha value is -3.86. The van der Waals surface area contributed by atoms with Crippen LogP contribution in [0.1, 0.15) is 43.5 Å². The number of amides is 1. The lowest BCUT2D eigenvalue weighted by Crippen LogP contribution is -2.15. The fourth-order valence-electron chi connectivity index (χ4n) is 3.94. The predicted molar refractivity (Wildman–Crippen MR) is 134 cm³/mol. The largest absolute Gasteiger partial charge is 0.310 e. The summed E-state index contributed by atoms with van der Waals surface area (Å²) in [6.07, 6.45) is 14.1. The second kappa shape index (κ2) is 10.2. The molecule has 0 aliphatic heterocycles. The third-order valence-electron chi connectivity index (χ3n) is 5.63. The Morgan fingerprint density at radius 2 is 1.91 bits per heavy atom. The first-order chi connectivity index (χ1) is 16.0. The molecule has 1 aliphatic carbocycles. The standard InChI is InChI=1S/C28H28N4O/c1-4-21-8-9-23(14-19(2)13-21)28-20(3)15-22(17-31-28)16-27(33)32-26-11-10-24(18-30-26)25-7-5-6-12-29-25/h5-12,14-15,17-18H,4,13,16H2,1-3H3,(H,30,32,33). The molecule has 0 atom stereocenters. The number of aryl methyl sites for hydroxylation is 1. The fraction of sp³-hybridized carbons (Fsp3) is 0.214. The molecule has 0 saturated heterocycles. The monoisotopic (exact) mass is 436 g/mol. The smallest absolute Gasteiger partial charge is 0.230 e. The highest BCUT2D eigenvalue weighted by molar-refractivity contribution is 5.91. The van der Waals surface area contributed by atoms with Gasteiger partial charge < -0.3 is 5.32 Å². The number of nitrogens with zero attached hydrogens (tertiary/aromatic N) is 3. The summed E-state index contributed by atoms with van der Waals surface area (Å²) in [5, 5.41) is 2.86. The van der Waals surface area contributed by atoms with E-state index in [4.69, 9.17) is 0 Å². The number of carbonyl (C=O) groups excluding carboxylic acids is 1. The Kier molecular flexibility index (Phi) is 6.89. The van der Waals surface area contributed by atoms with Crippen LogP contribution < -0.4 is 5.32 Å². The van der Waals surface area contributed by atoms with Gasteiger partial charge in [0.2, 0.25) is 5.91 Å². The highest BCUT2D eigenvalue weighted by atomic mass is 16.1. The molecule has 0 bridgehead atoms. The molecule has 0 fully saturated rings. The topological polar surface area (TPSA) is 67.8 Å². The minimum Gasteiger partial charge on any atom is -0.310 e. The second-order valence-electron chi connectivity index (χ2n) is 8.35. The van der Waals surface area contributed by atoms with Crippen LogP contribution in [0.3, 0.4) is 0 Å². The molecule has 33 heavy (non-hydrogen) atoms. The third-order valence-corrected chi connectivity index (χ3v) is 5.63. The van der Waals surface area contributed by atoms with Crippen molar-refractivity contribution >= 4 is 17.3 Å². The van der Waals surface area contributed by atoms with E-state index < -0.39 is 0 Å². The first-order valence-corrected chi connectivity index (χ1v) is 11.2. The second-order valence-corrected chi connectivity index (χ2v) is 8.35. The van der Waals surface area contributed by atoms with Crippen molar-refractivity contribution in [1.29, 1.82) is 0 Å². The Labute approximate surface area is 195 Å². The van der Waals surface area contributed by atoms with Crippen molar-refractivity contribution in [2.45, 2.75) is 40.0 Å². The number of rotatable bonds is 6. The highest BCUT2D eigenvalue weighted by Gasteiger charge is 2.12. The first kappa shape index (κ1) is 22.3. The van der Waals surface area contributed by atoms with Gasteiger partial charge in [-0.2, -0.15) is 0 Å². The zero-order valence-electron chi connectivity index (χ0n) is 19.3. The van der Waals surface area contributed by atoms with E-state index in [0.717, 1.165) is 46.5 Å². The van der Waals surface area contributed by atoms with Crippen LogP contribution in [0.5, 0.6) is 0 Å². The summed E-state index contributed by atoms with van der Waals surface area (Å²) in [6.45, 7) is 6.39. The van der Waals surface area contributed by atoms with E-state index in [1.54, 1.807) is 24.7 Å². The van der Waals surface area contributed by atoms with E-state index in [9.17, 15) is 4.79 Å².